The first-order valence-corrected chi connectivity index (χ1v) is 6.72. The molecule has 0 saturated heterocycles. The van der Waals surface area contributed by atoms with Crippen LogP contribution < -0.4 is 9.47 Å². The highest BCUT2D eigenvalue weighted by Gasteiger charge is 2.41. The van der Waals surface area contributed by atoms with E-state index in [1.165, 1.54) is 0 Å². The Balaban J connectivity index is 1.97. The van der Waals surface area contributed by atoms with Gasteiger partial charge in [-0.3, -0.25) is 4.79 Å². The molecule has 21 heavy (non-hydrogen) atoms. The van der Waals surface area contributed by atoms with Crippen molar-refractivity contribution < 1.29 is 19.0 Å². The zero-order chi connectivity index (χ0) is 14.8. The number of hydrogen-bond donors (Lipinski definition) is 0. The van der Waals surface area contributed by atoms with Gasteiger partial charge >= 0.3 is 0 Å². The summed E-state index contributed by atoms with van der Waals surface area (Å²) in [6, 6.07) is 14.9. The van der Waals surface area contributed by atoms with Crippen molar-refractivity contribution in [3.05, 3.63) is 59.7 Å². The molecule has 0 amide bonds. The van der Waals surface area contributed by atoms with E-state index in [4.69, 9.17) is 14.2 Å². The van der Waals surface area contributed by atoms with Crippen molar-refractivity contribution in [1.82, 2.24) is 0 Å². The smallest absolute Gasteiger partial charge is 0.213 e. The summed E-state index contributed by atoms with van der Waals surface area (Å²) in [6.07, 6.45) is -1.14. The van der Waals surface area contributed by atoms with Crippen LogP contribution in [0.3, 0.4) is 0 Å². The molecule has 0 saturated carbocycles. The largest absolute Gasteiger partial charge is 0.496 e. The average Bonchev–Trinajstić information content (AvgIpc) is 2.86. The Morgan fingerprint density at radius 3 is 2.48 bits per heavy atom. The van der Waals surface area contributed by atoms with Crippen molar-refractivity contribution >= 4 is 5.78 Å². The highest BCUT2D eigenvalue weighted by molar-refractivity contribution is 6.07. The van der Waals surface area contributed by atoms with Crippen molar-refractivity contribution in [1.29, 1.82) is 0 Å². The molecule has 1 aliphatic rings. The first kappa shape index (κ1) is 13.6. The Morgan fingerprint density at radius 1 is 1.05 bits per heavy atom. The molecule has 4 nitrogen and oxygen atoms in total. The van der Waals surface area contributed by atoms with Gasteiger partial charge in [-0.2, -0.15) is 0 Å². The minimum Gasteiger partial charge on any atom is -0.496 e. The van der Waals surface area contributed by atoms with E-state index in [0.29, 0.717) is 17.1 Å². The number of methoxy groups -OCH3 is 2. The van der Waals surface area contributed by atoms with Gasteiger partial charge in [0, 0.05) is 7.11 Å². The normalized spacial score (nSPS) is 18.0. The number of ether oxygens (including phenoxy) is 3. The summed E-state index contributed by atoms with van der Waals surface area (Å²) in [6.45, 7) is 0. The second-order valence-corrected chi connectivity index (χ2v) is 4.80. The summed E-state index contributed by atoms with van der Waals surface area (Å²) in [5.41, 5.74) is 1.40. The highest BCUT2D eigenvalue weighted by atomic mass is 16.5. The number of ketones is 1. The van der Waals surface area contributed by atoms with Crippen LogP contribution in [0.4, 0.5) is 0 Å². The average molecular weight is 284 g/mol. The number of carbonyl (C=O) groups excluding carboxylic acids is 1. The lowest BCUT2D eigenvalue weighted by molar-refractivity contribution is 0.0137. The van der Waals surface area contributed by atoms with Gasteiger partial charge < -0.3 is 14.2 Å². The van der Waals surface area contributed by atoms with Gasteiger partial charge in [-0.05, 0) is 17.7 Å². The topological polar surface area (TPSA) is 44.8 Å². The van der Waals surface area contributed by atoms with Crippen molar-refractivity contribution in [3.8, 4) is 11.5 Å². The minimum absolute atomic E-state index is 0.113. The fraction of sp³-hybridized carbons (Fsp3) is 0.235. The molecule has 2 aromatic carbocycles. The number of rotatable bonds is 4. The van der Waals surface area contributed by atoms with E-state index in [9.17, 15) is 4.79 Å². The van der Waals surface area contributed by atoms with E-state index in [1.54, 1.807) is 32.4 Å². The Labute approximate surface area is 123 Å². The van der Waals surface area contributed by atoms with Crippen LogP contribution in [0.15, 0.2) is 48.5 Å². The molecule has 0 aromatic heterocycles. The van der Waals surface area contributed by atoms with Crippen LogP contribution in [-0.2, 0) is 4.74 Å². The quantitative estimate of drug-likeness (QED) is 0.865. The van der Waals surface area contributed by atoms with E-state index in [-0.39, 0.29) is 5.78 Å². The second kappa shape index (κ2) is 5.58. The molecule has 0 bridgehead atoms. The molecule has 0 fully saturated rings. The number of benzene rings is 2. The van der Waals surface area contributed by atoms with Crippen LogP contribution in [0.1, 0.15) is 22.0 Å². The molecule has 0 radical (unpaired) electrons. The van der Waals surface area contributed by atoms with Gasteiger partial charge in [-0.15, -0.1) is 0 Å². The van der Waals surface area contributed by atoms with Gasteiger partial charge in [0.2, 0.25) is 5.78 Å². The molecule has 0 aliphatic carbocycles. The lowest BCUT2D eigenvalue weighted by Gasteiger charge is -2.21. The number of fused-ring (bicyclic) bond motifs is 1. The monoisotopic (exact) mass is 284 g/mol. The maximum atomic E-state index is 12.7. The maximum Gasteiger partial charge on any atom is 0.213 e. The molecule has 3 rings (SSSR count). The SMILES string of the molecule is COc1cccc2c1C(=O)C(C(OC)c1ccccc1)O2. The van der Waals surface area contributed by atoms with Crippen LogP contribution >= 0.6 is 0 Å². The Hall–Kier alpha value is -2.33. The minimum atomic E-state index is -0.691. The molecular weight excluding hydrogens is 268 g/mol. The predicted octanol–water partition coefficient (Wildman–Crippen LogP) is 3.03. The van der Waals surface area contributed by atoms with E-state index in [1.807, 2.05) is 30.3 Å². The third-order valence-corrected chi connectivity index (χ3v) is 3.62. The lowest BCUT2D eigenvalue weighted by atomic mass is 9.98. The predicted molar refractivity (Wildman–Crippen MR) is 77.9 cm³/mol. The third kappa shape index (κ3) is 2.28. The lowest BCUT2D eigenvalue weighted by Crippen LogP contribution is -2.30. The summed E-state index contributed by atoms with van der Waals surface area (Å²) < 4.78 is 16.6. The first-order chi connectivity index (χ1) is 10.3. The zero-order valence-corrected chi connectivity index (χ0v) is 11.9. The summed E-state index contributed by atoms with van der Waals surface area (Å²) in [5, 5.41) is 0. The van der Waals surface area contributed by atoms with Gasteiger partial charge in [0.15, 0.2) is 6.10 Å². The Kier molecular flexibility index (Phi) is 3.62. The van der Waals surface area contributed by atoms with E-state index in [0.717, 1.165) is 5.56 Å². The van der Waals surface area contributed by atoms with Gasteiger partial charge in [-0.25, -0.2) is 0 Å². The van der Waals surface area contributed by atoms with E-state index >= 15 is 0 Å². The highest BCUT2D eigenvalue weighted by Crippen LogP contribution is 2.40. The molecule has 1 heterocycles. The summed E-state index contributed by atoms with van der Waals surface area (Å²) in [4.78, 5) is 12.7. The fourth-order valence-electron chi connectivity index (χ4n) is 2.63. The maximum absolute atomic E-state index is 12.7. The summed E-state index contributed by atoms with van der Waals surface area (Å²) in [5.74, 6) is 0.961. The molecule has 4 heteroatoms. The standard InChI is InChI=1S/C17H16O4/c1-19-12-9-6-10-13-14(12)15(18)17(21-13)16(20-2)11-7-4-3-5-8-11/h3-10,16-17H,1-2H3. The number of hydrogen-bond acceptors (Lipinski definition) is 4. The molecule has 1 aliphatic heterocycles. The molecular formula is C17H16O4. The Bertz CT molecular complexity index is 651. The molecule has 2 atom stereocenters. The summed E-state index contributed by atoms with van der Waals surface area (Å²) in [7, 11) is 3.12. The fourth-order valence-corrected chi connectivity index (χ4v) is 2.63. The summed E-state index contributed by atoms with van der Waals surface area (Å²) >= 11 is 0. The first-order valence-electron chi connectivity index (χ1n) is 6.72. The number of Topliss-reactive ketones (excluding diaryl/α,β-unsaturated/α-hetero) is 1. The molecule has 0 N–H and O–H groups in total. The van der Waals surface area contributed by atoms with Crippen LogP contribution in [-0.4, -0.2) is 26.1 Å². The molecule has 0 spiro atoms. The van der Waals surface area contributed by atoms with Crippen molar-refractivity contribution in [2.45, 2.75) is 12.2 Å². The van der Waals surface area contributed by atoms with Gasteiger partial charge in [0.05, 0.1) is 7.11 Å². The van der Waals surface area contributed by atoms with Gasteiger partial charge in [0.1, 0.15) is 23.2 Å². The zero-order valence-electron chi connectivity index (χ0n) is 11.9. The Morgan fingerprint density at radius 2 is 1.81 bits per heavy atom. The molecule has 2 unspecified atom stereocenters. The van der Waals surface area contributed by atoms with Crippen molar-refractivity contribution in [2.75, 3.05) is 14.2 Å². The second-order valence-electron chi connectivity index (χ2n) is 4.80. The van der Waals surface area contributed by atoms with Crippen LogP contribution in [0.25, 0.3) is 0 Å². The van der Waals surface area contributed by atoms with Gasteiger partial charge in [0.25, 0.3) is 0 Å². The van der Waals surface area contributed by atoms with Crippen molar-refractivity contribution in [3.63, 3.8) is 0 Å². The van der Waals surface area contributed by atoms with Crippen LogP contribution in [0.2, 0.25) is 0 Å². The molecule has 2 aromatic rings. The van der Waals surface area contributed by atoms with Crippen LogP contribution in [0, 0.1) is 0 Å². The van der Waals surface area contributed by atoms with Gasteiger partial charge in [-0.1, -0.05) is 36.4 Å². The molecule has 108 valence electrons. The van der Waals surface area contributed by atoms with E-state index < -0.39 is 12.2 Å². The van der Waals surface area contributed by atoms with Crippen molar-refractivity contribution in [2.24, 2.45) is 0 Å². The third-order valence-electron chi connectivity index (χ3n) is 3.62. The van der Waals surface area contributed by atoms with Crippen LogP contribution in [0.5, 0.6) is 11.5 Å². The number of carbonyl (C=O) groups is 1. The van der Waals surface area contributed by atoms with E-state index in [2.05, 4.69) is 0 Å².